The predicted molar refractivity (Wildman–Crippen MR) is 115 cm³/mol. The Hall–Kier alpha value is -3.17. The summed E-state index contributed by atoms with van der Waals surface area (Å²) in [5, 5.41) is 6.19. The van der Waals surface area contributed by atoms with E-state index in [1.165, 1.54) is 37.3 Å². The van der Waals surface area contributed by atoms with Crippen molar-refractivity contribution in [1.29, 1.82) is 0 Å². The molecule has 1 N–H and O–H groups in total. The van der Waals surface area contributed by atoms with Crippen LogP contribution in [-0.4, -0.2) is 4.57 Å². The van der Waals surface area contributed by atoms with Gasteiger partial charge >= 0.3 is 0 Å². The van der Waals surface area contributed by atoms with Gasteiger partial charge in [-0.1, -0.05) is 60.3 Å². The Morgan fingerprint density at radius 1 is 0.630 bits per heavy atom. The maximum absolute atomic E-state index is 3.62. The van der Waals surface area contributed by atoms with Gasteiger partial charge in [0.25, 0.3) is 0 Å². The van der Waals surface area contributed by atoms with Gasteiger partial charge in [0.2, 0.25) is 0 Å². The molecule has 0 aliphatic carbocycles. The summed E-state index contributed by atoms with van der Waals surface area (Å²) < 4.78 is 2.39. The molecule has 2 nitrogen and oxygen atoms in total. The van der Waals surface area contributed by atoms with Crippen molar-refractivity contribution in [2.75, 3.05) is 5.32 Å². The van der Waals surface area contributed by atoms with E-state index < -0.39 is 0 Å². The molecule has 1 aliphatic rings. The second kappa shape index (κ2) is 5.66. The van der Waals surface area contributed by atoms with Crippen LogP contribution in [0.5, 0.6) is 0 Å². The first-order valence-electron chi connectivity index (χ1n) is 9.05. The van der Waals surface area contributed by atoms with E-state index in [9.17, 15) is 0 Å². The third-order valence-electron chi connectivity index (χ3n) is 5.17. The van der Waals surface area contributed by atoms with Crippen molar-refractivity contribution in [2.45, 2.75) is 9.79 Å². The maximum Gasteiger partial charge on any atom is 0.0601 e. The molecule has 0 fully saturated rings. The Kier molecular flexibility index (Phi) is 3.13. The van der Waals surface area contributed by atoms with Gasteiger partial charge in [0.1, 0.15) is 0 Å². The van der Waals surface area contributed by atoms with Crippen molar-refractivity contribution >= 4 is 44.9 Å². The summed E-state index contributed by atoms with van der Waals surface area (Å²) in [5.74, 6) is 0. The molecule has 6 rings (SSSR count). The van der Waals surface area contributed by atoms with Gasteiger partial charge in [-0.15, -0.1) is 0 Å². The minimum absolute atomic E-state index is 1.11. The number of nitrogens with zero attached hydrogens (tertiary/aromatic N) is 1. The molecule has 4 aromatic carbocycles. The van der Waals surface area contributed by atoms with Gasteiger partial charge in [0.15, 0.2) is 0 Å². The molecule has 0 amide bonds. The largest absolute Gasteiger partial charge is 0.355 e. The highest BCUT2D eigenvalue weighted by Gasteiger charge is 2.17. The van der Waals surface area contributed by atoms with Gasteiger partial charge < -0.3 is 9.88 Å². The molecule has 3 heteroatoms. The van der Waals surface area contributed by atoms with E-state index in [1.807, 2.05) is 11.8 Å². The van der Waals surface area contributed by atoms with Gasteiger partial charge in [-0.2, -0.15) is 0 Å². The molecule has 27 heavy (non-hydrogen) atoms. The summed E-state index contributed by atoms with van der Waals surface area (Å²) >= 11 is 1.81. The Morgan fingerprint density at radius 2 is 1.37 bits per heavy atom. The minimum Gasteiger partial charge on any atom is -0.355 e. The summed E-state index contributed by atoms with van der Waals surface area (Å²) in [6.45, 7) is 0. The third-order valence-corrected chi connectivity index (χ3v) is 6.31. The first kappa shape index (κ1) is 14.9. The van der Waals surface area contributed by atoms with Gasteiger partial charge in [0, 0.05) is 26.3 Å². The molecule has 0 spiro atoms. The summed E-state index contributed by atoms with van der Waals surface area (Å²) in [6, 6.07) is 32.5. The van der Waals surface area contributed by atoms with E-state index in [0.29, 0.717) is 0 Å². The Bertz CT molecular complexity index is 1330. The fraction of sp³-hybridized carbons (Fsp3) is 0. The van der Waals surface area contributed by atoms with Crippen molar-refractivity contribution < 1.29 is 0 Å². The predicted octanol–water partition coefficient (Wildman–Crippen LogP) is 6.99. The van der Waals surface area contributed by atoms with Crippen LogP contribution in [0.3, 0.4) is 0 Å². The number of nitrogens with one attached hydrogen (secondary N) is 1. The quantitative estimate of drug-likeness (QED) is 0.313. The van der Waals surface area contributed by atoms with E-state index in [0.717, 1.165) is 11.4 Å². The standard InChI is InChI=1S/C24H16N2S/c1-3-9-20-17(7-1)18-14-13-16-15-22(18)26(20)21-10-4-6-12-24(21)27-23-11-5-2-8-19(23)25-16/h1-15,25H. The van der Waals surface area contributed by atoms with Crippen LogP contribution in [0.1, 0.15) is 0 Å². The zero-order valence-corrected chi connectivity index (χ0v) is 15.3. The van der Waals surface area contributed by atoms with Gasteiger partial charge in [0.05, 0.1) is 22.4 Å². The summed E-state index contributed by atoms with van der Waals surface area (Å²) in [5.41, 5.74) is 5.95. The van der Waals surface area contributed by atoms with Crippen LogP contribution in [0.2, 0.25) is 0 Å². The van der Waals surface area contributed by atoms with E-state index in [1.54, 1.807) is 0 Å². The molecule has 0 unspecified atom stereocenters. The first-order valence-corrected chi connectivity index (χ1v) is 9.87. The number of hydrogen-bond acceptors (Lipinski definition) is 2. The van der Waals surface area contributed by atoms with Crippen LogP contribution in [0.4, 0.5) is 11.4 Å². The molecular weight excluding hydrogens is 348 g/mol. The van der Waals surface area contributed by atoms with Crippen LogP contribution < -0.4 is 5.32 Å². The molecule has 1 aliphatic heterocycles. The van der Waals surface area contributed by atoms with Gasteiger partial charge in [-0.3, -0.25) is 0 Å². The van der Waals surface area contributed by atoms with Crippen LogP contribution in [0, 0.1) is 0 Å². The van der Waals surface area contributed by atoms with Crippen molar-refractivity contribution in [2.24, 2.45) is 0 Å². The number of fused-ring (bicyclic) bond motifs is 7. The van der Waals surface area contributed by atoms with Crippen molar-refractivity contribution in [1.82, 2.24) is 4.57 Å². The number of benzene rings is 4. The fourth-order valence-electron chi connectivity index (χ4n) is 3.97. The topological polar surface area (TPSA) is 17.0 Å². The number of hydrogen-bond donors (Lipinski definition) is 1. The summed E-state index contributed by atoms with van der Waals surface area (Å²) in [6.07, 6.45) is 0. The Morgan fingerprint density at radius 3 is 2.33 bits per heavy atom. The van der Waals surface area contributed by atoms with Crippen molar-refractivity contribution in [3.8, 4) is 5.69 Å². The van der Waals surface area contributed by atoms with Gasteiger partial charge in [-0.05, 0) is 42.5 Å². The third kappa shape index (κ3) is 2.22. The lowest BCUT2D eigenvalue weighted by Gasteiger charge is -2.18. The highest BCUT2D eigenvalue weighted by molar-refractivity contribution is 7.99. The Balaban J connectivity index is 1.80. The number of aromatic nitrogens is 1. The van der Waals surface area contributed by atoms with Crippen LogP contribution in [-0.2, 0) is 0 Å². The SMILES string of the molecule is c1ccc2c(c1)Nc1ccc3c4ccccc4n(c3c1)-c1ccccc1S2. The average Bonchev–Trinajstić information content (AvgIpc) is 3.04. The monoisotopic (exact) mass is 364 g/mol. The number of para-hydroxylation sites is 3. The Labute approximate surface area is 161 Å². The highest BCUT2D eigenvalue weighted by Crippen LogP contribution is 2.42. The molecule has 5 aromatic rings. The minimum atomic E-state index is 1.11. The molecule has 0 saturated carbocycles. The molecule has 2 heterocycles. The second-order valence-corrected chi connectivity index (χ2v) is 7.86. The molecule has 0 atom stereocenters. The molecule has 128 valence electrons. The van der Waals surface area contributed by atoms with Crippen molar-refractivity contribution in [3.63, 3.8) is 0 Å². The maximum atomic E-state index is 3.62. The van der Waals surface area contributed by atoms with Crippen molar-refractivity contribution in [3.05, 3.63) is 91.0 Å². The average molecular weight is 364 g/mol. The molecule has 1 aromatic heterocycles. The first-order chi connectivity index (χ1) is 13.4. The summed E-state index contributed by atoms with van der Waals surface area (Å²) in [7, 11) is 0. The molecular formula is C24H16N2S. The zero-order valence-electron chi connectivity index (χ0n) is 14.5. The van der Waals surface area contributed by atoms with E-state index >= 15 is 0 Å². The lowest BCUT2D eigenvalue weighted by Crippen LogP contribution is -1.99. The van der Waals surface area contributed by atoms with Gasteiger partial charge in [-0.25, -0.2) is 0 Å². The van der Waals surface area contributed by atoms with E-state index in [2.05, 4.69) is 101 Å². The normalized spacial score (nSPS) is 12.6. The smallest absolute Gasteiger partial charge is 0.0601 e. The number of anilines is 2. The lowest BCUT2D eigenvalue weighted by molar-refractivity contribution is 1.12. The second-order valence-electron chi connectivity index (χ2n) is 6.78. The van der Waals surface area contributed by atoms with Crippen LogP contribution >= 0.6 is 11.8 Å². The van der Waals surface area contributed by atoms with Crippen LogP contribution in [0.25, 0.3) is 27.5 Å². The van der Waals surface area contributed by atoms with E-state index in [-0.39, 0.29) is 0 Å². The number of rotatable bonds is 0. The van der Waals surface area contributed by atoms with Crippen LogP contribution in [0.15, 0.2) is 101 Å². The van der Waals surface area contributed by atoms with E-state index in [4.69, 9.17) is 0 Å². The fourth-order valence-corrected chi connectivity index (χ4v) is 4.99. The molecule has 0 saturated heterocycles. The molecule has 0 radical (unpaired) electrons. The lowest BCUT2D eigenvalue weighted by atomic mass is 10.1. The molecule has 2 bridgehead atoms. The highest BCUT2D eigenvalue weighted by atomic mass is 32.2. The summed E-state index contributed by atoms with van der Waals surface area (Å²) in [4.78, 5) is 2.48. The zero-order chi connectivity index (χ0) is 17.8.